The number of halogens is 1. The van der Waals surface area contributed by atoms with Gasteiger partial charge in [-0.3, -0.25) is 14.4 Å². The number of amides is 3. The van der Waals surface area contributed by atoms with Gasteiger partial charge in [0.05, 0.1) is 42.6 Å². The molecule has 0 bridgehead atoms. The zero-order valence-corrected chi connectivity index (χ0v) is 22.9. The lowest BCUT2D eigenvalue weighted by molar-refractivity contribution is -0.150. The fraction of sp³-hybridized carbons (Fsp3) is 0.609. The van der Waals surface area contributed by atoms with Crippen LogP contribution in [0.5, 0.6) is 0 Å². The number of hydrogen-bond donors (Lipinski definition) is 1. The maximum absolute atomic E-state index is 13.5. The van der Waals surface area contributed by atoms with Crippen molar-refractivity contribution >= 4 is 56.3 Å². The van der Waals surface area contributed by atoms with Gasteiger partial charge in [0.1, 0.15) is 12.1 Å². The minimum absolute atomic E-state index is 0.159. The Labute approximate surface area is 225 Å². The van der Waals surface area contributed by atoms with Crippen molar-refractivity contribution in [2.24, 2.45) is 0 Å². The number of nitrogens with zero attached hydrogens (tertiary/aromatic N) is 3. The predicted octanol–water partition coefficient (Wildman–Crippen LogP) is 0.759. The highest BCUT2D eigenvalue weighted by Gasteiger charge is 2.43. The first-order chi connectivity index (χ1) is 17.6. The van der Waals surface area contributed by atoms with E-state index in [1.54, 1.807) is 28.9 Å². The minimum atomic E-state index is -3.96. The molecule has 0 aromatic carbocycles. The summed E-state index contributed by atoms with van der Waals surface area (Å²) < 4.78 is 39.3. The van der Waals surface area contributed by atoms with Gasteiger partial charge in [0.2, 0.25) is 27.7 Å². The van der Waals surface area contributed by atoms with Crippen LogP contribution in [-0.4, -0.2) is 112 Å². The van der Waals surface area contributed by atoms with Gasteiger partial charge in [0, 0.05) is 37.6 Å². The molecule has 3 amide bonds. The summed E-state index contributed by atoms with van der Waals surface area (Å²) in [5.41, 5.74) is 0.489. The molecule has 0 unspecified atom stereocenters. The van der Waals surface area contributed by atoms with Gasteiger partial charge in [-0.1, -0.05) is 11.6 Å². The van der Waals surface area contributed by atoms with E-state index in [1.807, 2.05) is 0 Å². The van der Waals surface area contributed by atoms with Crippen molar-refractivity contribution in [2.45, 2.75) is 31.8 Å². The number of morpholine rings is 2. The van der Waals surface area contributed by atoms with E-state index >= 15 is 0 Å². The first-order valence-corrected chi connectivity index (χ1v) is 14.9. The van der Waals surface area contributed by atoms with Crippen molar-refractivity contribution < 1.29 is 32.3 Å². The third kappa shape index (κ3) is 7.09. The molecule has 3 saturated heterocycles. The molecular formula is C23H31ClN4O7S2. The molecule has 0 radical (unpaired) electrons. The zero-order chi connectivity index (χ0) is 26.6. The summed E-state index contributed by atoms with van der Waals surface area (Å²) in [6.45, 7) is 5.01. The second-order valence-corrected chi connectivity index (χ2v) is 12.4. The van der Waals surface area contributed by atoms with Gasteiger partial charge < -0.3 is 24.2 Å². The number of sulfonamides is 1. The molecule has 4 rings (SSSR count). The van der Waals surface area contributed by atoms with Crippen molar-refractivity contribution in [1.82, 2.24) is 19.4 Å². The topological polar surface area (TPSA) is 126 Å². The SMILES string of the molecule is CC(=CS(=O)(=O)N[C@H]1CCN([C@@H](CC(=O)N2CCOCC2)C(=O)N2CCOCC2)C1=O)c1ccc(Cl)s1. The molecule has 0 spiro atoms. The van der Waals surface area contributed by atoms with Crippen LogP contribution < -0.4 is 4.72 Å². The second kappa shape index (κ2) is 12.2. The Balaban J connectivity index is 1.48. The number of rotatable bonds is 8. The summed E-state index contributed by atoms with van der Waals surface area (Å²) in [6.07, 6.45) is 0.0218. The van der Waals surface area contributed by atoms with E-state index in [9.17, 15) is 22.8 Å². The number of ether oxygens (including phenoxy) is 2. The van der Waals surface area contributed by atoms with Gasteiger partial charge in [0.25, 0.3) is 0 Å². The van der Waals surface area contributed by atoms with Crippen molar-refractivity contribution in [1.29, 1.82) is 0 Å². The second-order valence-electron chi connectivity index (χ2n) is 9.09. The zero-order valence-electron chi connectivity index (χ0n) is 20.6. The molecule has 0 aliphatic carbocycles. The van der Waals surface area contributed by atoms with Crippen molar-refractivity contribution in [3.05, 3.63) is 26.8 Å². The van der Waals surface area contributed by atoms with Crippen LogP contribution in [0.15, 0.2) is 17.5 Å². The van der Waals surface area contributed by atoms with Crippen molar-refractivity contribution in [3.8, 4) is 0 Å². The van der Waals surface area contributed by atoms with Gasteiger partial charge >= 0.3 is 0 Å². The predicted molar refractivity (Wildman–Crippen MR) is 138 cm³/mol. The molecule has 11 nitrogen and oxygen atoms in total. The summed E-state index contributed by atoms with van der Waals surface area (Å²) in [6, 6.07) is 1.37. The summed E-state index contributed by atoms with van der Waals surface area (Å²) in [5.74, 6) is -1.08. The lowest BCUT2D eigenvalue weighted by Gasteiger charge is -2.35. The molecule has 204 valence electrons. The molecule has 3 aliphatic heterocycles. The standard InChI is InChI=1S/C23H31ClN4O7S2/c1-16(19-2-3-20(24)36-19)15-37(32,33)25-17-4-5-28(22(17)30)18(23(31)27-8-12-35-13-9-27)14-21(29)26-6-10-34-11-7-26/h2-3,15,17-18,25H,4-14H2,1H3/t17-,18-/m0/s1. The van der Waals surface area contributed by atoms with E-state index in [2.05, 4.69) is 4.72 Å². The average molecular weight is 575 g/mol. The molecule has 1 N–H and O–H groups in total. The van der Waals surface area contributed by atoms with E-state index in [0.717, 1.165) is 5.41 Å². The Morgan fingerprint density at radius 3 is 2.32 bits per heavy atom. The van der Waals surface area contributed by atoms with Gasteiger partial charge in [-0.2, -0.15) is 4.72 Å². The molecule has 4 heterocycles. The number of carbonyl (C=O) groups is 3. The Morgan fingerprint density at radius 2 is 1.73 bits per heavy atom. The normalized spacial score (nSPS) is 22.4. The fourth-order valence-electron chi connectivity index (χ4n) is 4.60. The van der Waals surface area contributed by atoms with Crippen LogP contribution in [0.4, 0.5) is 0 Å². The van der Waals surface area contributed by atoms with Crippen LogP contribution in [0.1, 0.15) is 24.6 Å². The van der Waals surface area contributed by atoms with Crippen LogP contribution in [0, 0.1) is 0 Å². The molecular weight excluding hydrogens is 544 g/mol. The molecule has 3 aliphatic rings. The number of nitrogens with one attached hydrogen (secondary N) is 1. The number of thiophene rings is 1. The monoisotopic (exact) mass is 574 g/mol. The highest BCUT2D eigenvalue weighted by atomic mass is 35.5. The molecule has 1 aromatic heterocycles. The maximum Gasteiger partial charge on any atom is 0.246 e. The number of allylic oxidation sites excluding steroid dienone is 1. The third-order valence-electron chi connectivity index (χ3n) is 6.56. The molecule has 14 heteroatoms. The van der Waals surface area contributed by atoms with E-state index in [1.165, 1.54) is 16.2 Å². The molecule has 1 aromatic rings. The summed E-state index contributed by atoms with van der Waals surface area (Å²) in [7, 11) is -3.96. The Bertz CT molecular complexity index is 1140. The fourth-order valence-corrected chi connectivity index (χ4v) is 6.97. The van der Waals surface area contributed by atoms with Crippen molar-refractivity contribution in [3.63, 3.8) is 0 Å². The lowest BCUT2D eigenvalue weighted by Crippen LogP contribution is -2.55. The smallest absolute Gasteiger partial charge is 0.246 e. The largest absolute Gasteiger partial charge is 0.378 e. The average Bonchev–Trinajstić information content (AvgIpc) is 3.48. The lowest BCUT2D eigenvalue weighted by atomic mass is 10.1. The highest BCUT2D eigenvalue weighted by Crippen LogP contribution is 2.28. The molecule has 3 fully saturated rings. The van der Waals surface area contributed by atoms with Crippen LogP contribution in [-0.2, 0) is 33.9 Å². The third-order valence-corrected chi connectivity index (χ3v) is 9.20. The molecule has 2 atom stereocenters. The Hall–Kier alpha value is -2.03. The van der Waals surface area contributed by atoms with Gasteiger partial charge in [0.15, 0.2) is 0 Å². The quantitative estimate of drug-likeness (QED) is 0.486. The van der Waals surface area contributed by atoms with Crippen LogP contribution >= 0.6 is 22.9 Å². The van der Waals surface area contributed by atoms with Gasteiger partial charge in [-0.05, 0) is 31.1 Å². The van der Waals surface area contributed by atoms with E-state index in [0.29, 0.717) is 67.4 Å². The number of carbonyl (C=O) groups excluding carboxylic acids is 3. The maximum atomic E-state index is 13.5. The number of likely N-dealkylation sites (tertiary alicyclic amines) is 1. The first-order valence-electron chi connectivity index (χ1n) is 12.1. The molecule has 0 saturated carbocycles. The Kier molecular flexibility index (Phi) is 9.24. The minimum Gasteiger partial charge on any atom is -0.378 e. The van der Waals surface area contributed by atoms with Crippen molar-refractivity contribution in [2.75, 3.05) is 59.2 Å². The number of hydrogen-bond acceptors (Lipinski definition) is 8. The molecule has 37 heavy (non-hydrogen) atoms. The Morgan fingerprint density at radius 1 is 1.11 bits per heavy atom. The first kappa shape index (κ1) is 28.0. The van der Waals surface area contributed by atoms with Crippen LogP contribution in [0.25, 0.3) is 5.57 Å². The summed E-state index contributed by atoms with van der Waals surface area (Å²) in [4.78, 5) is 45.1. The van der Waals surface area contributed by atoms with Gasteiger partial charge in [-0.25, -0.2) is 8.42 Å². The van der Waals surface area contributed by atoms with E-state index < -0.39 is 28.0 Å². The van der Waals surface area contributed by atoms with Crippen LogP contribution in [0.2, 0.25) is 4.34 Å². The van der Waals surface area contributed by atoms with Crippen LogP contribution in [0.3, 0.4) is 0 Å². The van der Waals surface area contributed by atoms with E-state index in [4.69, 9.17) is 21.1 Å². The summed E-state index contributed by atoms with van der Waals surface area (Å²) in [5, 5.41) is 1.07. The highest BCUT2D eigenvalue weighted by molar-refractivity contribution is 7.92. The van der Waals surface area contributed by atoms with Gasteiger partial charge in [-0.15, -0.1) is 11.3 Å². The van der Waals surface area contributed by atoms with E-state index in [-0.39, 0.29) is 31.2 Å². The summed E-state index contributed by atoms with van der Waals surface area (Å²) >= 11 is 7.20.